The van der Waals surface area contributed by atoms with Gasteiger partial charge in [-0.2, -0.15) is 0 Å². The van der Waals surface area contributed by atoms with Gasteiger partial charge >= 0.3 is 5.97 Å². The lowest BCUT2D eigenvalue weighted by molar-refractivity contribution is -0.153. The van der Waals surface area contributed by atoms with Crippen molar-refractivity contribution in [1.82, 2.24) is 0 Å². The molecule has 0 fully saturated rings. The van der Waals surface area contributed by atoms with Crippen LogP contribution < -0.4 is 5.32 Å². The second kappa shape index (κ2) is 7.17. The van der Waals surface area contributed by atoms with Crippen LogP contribution in [0.4, 0.5) is 5.69 Å². The molecular weight excluding hydrogens is 330 g/mol. The van der Waals surface area contributed by atoms with E-state index in [9.17, 15) is 18.0 Å². The van der Waals surface area contributed by atoms with Gasteiger partial charge in [0, 0.05) is 17.0 Å². The minimum atomic E-state index is -3.20. The average molecular weight is 351 g/mol. The minimum absolute atomic E-state index is 0.0586. The van der Waals surface area contributed by atoms with E-state index in [1.165, 1.54) is 13.0 Å². The van der Waals surface area contributed by atoms with Crippen molar-refractivity contribution in [2.75, 3.05) is 11.1 Å². The van der Waals surface area contributed by atoms with Gasteiger partial charge in [-0.1, -0.05) is 23.8 Å². The van der Waals surface area contributed by atoms with Crippen molar-refractivity contribution in [3.8, 4) is 0 Å². The number of allylic oxidation sites excluding steroid dienone is 1. The highest BCUT2D eigenvalue weighted by Gasteiger charge is 2.26. The lowest BCUT2D eigenvalue weighted by Crippen LogP contribution is -2.30. The lowest BCUT2D eigenvalue weighted by Gasteiger charge is -2.15. The first-order valence-electron chi connectivity index (χ1n) is 7.65. The highest BCUT2D eigenvalue weighted by atomic mass is 32.2. The van der Waals surface area contributed by atoms with Gasteiger partial charge in [0.2, 0.25) is 0 Å². The molecule has 0 spiro atoms. The maximum atomic E-state index is 12.1. The van der Waals surface area contributed by atoms with Crippen LogP contribution in [0.1, 0.15) is 24.5 Å². The Morgan fingerprint density at radius 1 is 1.33 bits per heavy atom. The SMILES string of the molecule is Cc1ccc(NC(=O)[C@@H](C)OC(=O)C[C@@H]2C=CS(=O)(=O)C2)c(C)c1. The number of rotatable bonds is 5. The standard InChI is InChI=1S/C17H21NO5S/c1-11-4-5-15(12(2)8-11)18-17(20)13(3)23-16(19)9-14-6-7-24(21,22)10-14/h4-8,13-14H,9-10H2,1-3H3,(H,18,20)/t13-,14+/m1/s1. The Labute approximate surface area is 141 Å². The van der Waals surface area contributed by atoms with Gasteiger partial charge in [0.05, 0.1) is 12.2 Å². The molecule has 0 radical (unpaired) electrons. The predicted molar refractivity (Wildman–Crippen MR) is 91.1 cm³/mol. The van der Waals surface area contributed by atoms with E-state index in [1.807, 2.05) is 26.0 Å². The van der Waals surface area contributed by atoms with Crippen molar-refractivity contribution < 1.29 is 22.7 Å². The summed E-state index contributed by atoms with van der Waals surface area (Å²) < 4.78 is 27.7. The van der Waals surface area contributed by atoms with Gasteiger partial charge in [0.1, 0.15) is 0 Å². The molecule has 2 atom stereocenters. The fourth-order valence-electron chi connectivity index (χ4n) is 2.47. The van der Waals surface area contributed by atoms with E-state index < -0.39 is 33.7 Å². The number of nitrogens with one attached hydrogen (secondary N) is 1. The van der Waals surface area contributed by atoms with Crippen LogP contribution in [0, 0.1) is 19.8 Å². The first-order valence-corrected chi connectivity index (χ1v) is 9.36. The molecule has 0 bridgehead atoms. The van der Waals surface area contributed by atoms with Crippen molar-refractivity contribution in [2.45, 2.75) is 33.3 Å². The average Bonchev–Trinajstić information content (AvgIpc) is 2.80. The van der Waals surface area contributed by atoms with E-state index >= 15 is 0 Å². The van der Waals surface area contributed by atoms with Gasteiger partial charge in [-0.15, -0.1) is 0 Å². The highest BCUT2D eigenvalue weighted by molar-refractivity contribution is 7.94. The van der Waals surface area contributed by atoms with E-state index in [0.29, 0.717) is 5.69 Å². The number of anilines is 1. The molecule has 0 saturated carbocycles. The minimum Gasteiger partial charge on any atom is -0.453 e. The number of hydrogen-bond acceptors (Lipinski definition) is 5. The van der Waals surface area contributed by atoms with Crippen molar-refractivity contribution in [2.24, 2.45) is 5.92 Å². The van der Waals surface area contributed by atoms with E-state index in [-0.39, 0.29) is 12.2 Å². The van der Waals surface area contributed by atoms with Crippen molar-refractivity contribution >= 4 is 27.4 Å². The molecule has 0 aliphatic carbocycles. The molecule has 1 aromatic rings. The fraction of sp³-hybridized carbons (Fsp3) is 0.412. The first kappa shape index (κ1) is 18.2. The molecule has 2 rings (SSSR count). The number of ether oxygens (including phenoxy) is 1. The van der Waals surface area contributed by atoms with Crippen LogP contribution in [0.5, 0.6) is 0 Å². The number of benzene rings is 1. The van der Waals surface area contributed by atoms with Crippen molar-refractivity contribution in [3.05, 3.63) is 40.8 Å². The zero-order valence-corrected chi connectivity index (χ0v) is 14.7. The van der Waals surface area contributed by atoms with Crippen LogP contribution in [0.15, 0.2) is 29.7 Å². The molecule has 0 saturated heterocycles. The molecule has 130 valence electrons. The summed E-state index contributed by atoms with van der Waals surface area (Å²) in [6.45, 7) is 5.32. The van der Waals surface area contributed by atoms with Crippen molar-refractivity contribution in [1.29, 1.82) is 0 Å². The lowest BCUT2D eigenvalue weighted by atomic mass is 10.1. The van der Waals surface area contributed by atoms with Crippen molar-refractivity contribution in [3.63, 3.8) is 0 Å². The Morgan fingerprint density at radius 2 is 2.04 bits per heavy atom. The predicted octanol–water partition coefficient (Wildman–Crippen LogP) is 2.12. The fourth-order valence-corrected chi connectivity index (χ4v) is 3.87. The summed E-state index contributed by atoms with van der Waals surface area (Å²) in [4.78, 5) is 24.0. The Bertz CT molecular complexity index is 782. The van der Waals surface area contributed by atoms with Crippen LogP contribution in [0.3, 0.4) is 0 Å². The largest absolute Gasteiger partial charge is 0.453 e. The zero-order chi connectivity index (χ0) is 17.9. The van der Waals surface area contributed by atoms with Gasteiger partial charge in [-0.05, 0) is 32.4 Å². The third-order valence-electron chi connectivity index (χ3n) is 3.75. The molecule has 1 aliphatic rings. The second-order valence-corrected chi connectivity index (χ2v) is 7.99. The Hall–Kier alpha value is -2.15. The number of aryl methyl sites for hydroxylation is 2. The molecular formula is C17H21NO5S. The summed E-state index contributed by atoms with van der Waals surface area (Å²) in [7, 11) is -3.20. The van der Waals surface area contributed by atoms with Crippen LogP contribution >= 0.6 is 0 Å². The zero-order valence-electron chi connectivity index (χ0n) is 13.9. The normalized spacial score (nSPS) is 19.7. The van der Waals surface area contributed by atoms with Gasteiger partial charge in [-0.3, -0.25) is 9.59 Å². The summed E-state index contributed by atoms with van der Waals surface area (Å²) in [5.74, 6) is -1.50. The summed E-state index contributed by atoms with van der Waals surface area (Å²) in [5, 5.41) is 3.84. The third kappa shape index (κ3) is 4.92. The van der Waals surface area contributed by atoms with E-state index in [1.54, 1.807) is 6.07 Å². The summed E-state index contributed by atoms with van der Waals surface area (Å²) in [6.07, 6.45) is 0.466. The molecule has 24 heavy (non-hydrogen) atoms. The van der Waals surface area contributed by atoms with Gasteiger partial charge < -0.3 is 10.1 Å². The van der Waals surface area contributed by atoms with Crippen LogP contribution in [0.2, 0.25) is 0 Å². The maximum Gasteiger partial charge on any atom is 0.307 e. The second-order valence-electron chi connectivity index (χ2n) is 6.06. The molecule has 1 aliphatic heterocycles. The third-order valence-corrected chi connectivity index (χ3v) is 5.22. The Balaban J connectivity index is 1.87. The van der Waals surface area contributed by atoms with E-state index in [2.05, 4.69) is 5.32 Å². The molecule has 1 aromatic carbocycles. The quantitative estimate of drug-likeness (QED) is 0.821. The molecule has 1 heterocycles. The number of hydrogen-bond donors (Lipinski definition) is 1. The topological polar surface area (TPSA) is 89.5 Å². The highest BCUT2D eigenvalue weighted by Crippen LogP contribution is 2.20. The van der Waals surface area contributed by atoms with Gasteiger partial charge in [-0.25, -0.2) is 8.42 Å². The molecule has 7 heteroatoms. The number of amides is 1. The van der Waals surface area contributed by atoms with Crippen LogP contribution in [-0.2, 0) is 24.2 Å². The summed E-state index contributed by atoms with van der Waals surface area (Å²) in [6, 6.07) is 5.62. The molecule has 6 nitrogen and oxygen atoms in total. The number of carbonyl (C=O) groups excluding carboxylic acids is 2. The molecule has 1 N–H and O–H groups in total. The van der Waals surface area contributed by atoms with Crippen LogP contribution in [0.25, 0.3) is 0 Å². The number of sulfone groups is 1. The van der Waals surface area contributed by atoms with Crippen LogP contribution in [-0.4, -0.2) is 32.2 Å². The van der Waals surface area contributed by atoms with E-state index in [0.717, 1.165) is 16.5 Å². The summed E-state index contributed by atoms with van der Waals surface area (Å²) in [5.41, 5.74) is 2.67. The number of esters is 1. The maximum absolute atomic E-state index is 12.1. The first-order chi connectivity index (χ1) is 11.2. The Kier molecular flexibility index (Phi) is 5.43. The van der Waals surface area contributed by atoms with E-state index in [4.69, 9.17) is 4.74 Å². The Morgan fingerprint density at radius 3 is 2.62 bits per heavy atom. The monoisotopic (exact) mass is 351 g/mol. The van der Waals surface area contributed by atoms with Gasteiger partial charge in [0.15, 0.2) is 15.9 Å². The van der Waals surface area contributed by atoms with Gasteiger partial charge in [0.25, 0.3) is 5.91 Å². The molecule has 1 amide bonds. The number of carbonyl (C=O) groups is 2. The molecule has 0 unspecified atom stereocenters. The molecule has 0 aromatic heterocycles. The smallest absolute Gasteiger partial charge is 0.307 e. The summed E-state index contributed by atoms with van der Waals surface area (Å²) >= 11 is 0.